The lowest BCUT2D eigenvalue weighted by molar-refractivity contribution is -0.132. The summed E-state index contributed by atoms with van der Waals surface area (Å²) in [6.07, 6.45) is 1.46. The van der Waals surface area contributed by atoms with Crippen LogP contribution in [0.5, 0.6) is 5.75 Å². The molecule has 0 saturated carbocycles. The van der Waals surface area contributed by atoms with Gasteiger partial charge in [0.2, 0.25) is 5.91 Å². The van der Waals surface area contributed by atoms with Gasteiger partial charge in [-0.25, -0.2) is 0 Å². The molecule has 2 aliphatic rings. The number of nitrogens with one attached hydrogen (secondary N) is 1. The van der Waals surface area contributed by atoms with Gasteiger partial charge in [0, 0.05) is 32.5 Å². The molecule has 2 N–H and O–H groups in total. The lowest BCUT2D eigenvalue weighted by Crippen LogP contribution is -2.58. The lowest BCUT2D eigenvalue weighted by atomic mass is 9.96. The molecule has 1 unspecified atom stereocenters. The average molecular weight is 385 g/mol. The zero-order chi connectivity index (χ0) is 18.9. The number of benzene rings is 2. The molecular formula is C20H23N3O3S. The number of hydrogen-bond acceptors (Lipinski definition) is 5. The zero-order valence-electron chi connectivity index (χ0n) is 15.0. The van der Waals surface area contributed by atoms with E-state index in [2.05, 4.69) is 5.32 Å². The number of phenolic OH excluding ortho intramolecular Hbond substituents is 1. The maximum Gasteiger partial charge on any atom is 0.238 e. The van der Waals surface area contributed by atoms with E-state index >= 15 is 0 Å². The second kappa shape index (κ2) is 7.52. The van der Waals surface area contributed by atoms with Crippen LogP contribution >= 0.6 is 0 Å². The van der Waals surface area contributed by atoms with Gasteiger partial charge in [-0.15, -0.1) is 4.31 Å². The normalized spacial score (nSPS) is 20.9. The number of amides is 1. The Balaban J connectivity index is 1.45. The van der Waals surface area contributed by atoms with Crippen LogP contribution in [0.1, 0.15) is 18.4 Å². The topological polar surface area (TPSA) is 78.9 Å². The smallest absolute Gasteiger partial charge is 0.238 e. The molecule has 0 aliphatic carbocycles. The van der Waals surface area contributed by atoms with Crippen molar-refractivity contribution in [2.45, 2.75) is 29.9 Å². The van der Waals surface area contributed by atoms with E-state index < -0.39 is 11.4 Å². The van der Waals surface area contributed by atoms with Crippen LogP contribution in [0, 0.1) is 0 Å². The van der Waals surface area contributed by atoms with E-state index in [9.17, 15) is 14.5 Å². The number of carbonyl (C=O) groups excluding carboxylic acids is 1. The van der Waals surface area contributed by atoms with Crippen molar-refractivity contribution in [1.82, 2.24) is 14.5 Å². The van der Waals surface area contributed by atoms with Crippen molar-refractivity contribution >= 4 is 17.3 Å². The van der Waals surface area contributed by atoms with E-state index in [1.54, 1.807) is 24.3 Å². The monoisotopic (exact) mass is 385 g/mol. The highest BCUT2D eigenvalue weighted by atomic mass is 32.2. The number of hydrogen-bond donors (Lipinski definition) is 2. The molecule has 0 radical (unpaired) electrons. The van der Waals surface area contributed by atoms with Crippen molar-refractivity contribution in [2.75, 3.05) is 19.6 Å². The summed E-state index contributed by atoms with van der Waals surface area (Å²) in [7, 11) is 0. The van der Waals surface area contributed by atoms with Crippen LogP contribution < -0.4 is 5.32 Å². The van der Waals surface area contributed by atoms with E-state index in [1.807, 2.05) is 39.5 Å². The minimum atomic E-state index is -1.26. The third kappa shape index (κ3) is 3.68. The molecule has 1 atom stereocenters. The number of rotatable bonds is 4. The van der Waals surface area contributed by atoms with Gasteiger partial charge >= 0.3 is 0 Å². The van der Waals surface area contributed by atoms with Gasteiger partial charge in [-0.05, 0) is 29.8 Å². The van der Waals surface area contributed by atoms with Crippen LogP contribution in [0.2, 0.25) is 0 Å². The van der Waals surface area contributed by atoms with Crippen molar-refractivity contribution in [3.05, 3.63) is 60.2 Å². The van der Waals surface area contributed by atoms with Crippen molar-refractivity contribution < 1.29 is 14.5 Å². The van der Waals surface area contributed by atoms with E-state index in [0.717, 1.165) is 18.4 Å². The summed E-state index contributed by atoms with van der Waals surface area (Å²) in [4.78, 5) is 15.1. The molecule has 4 rings (SSSR count). The van der Waals surface area contributed by atoms with Crippen LogP contribution in [0.25, 0.3) is 0 Å². The first kappa shape index (κ1) is 18.3. The first-order valence-electron chi connectivity index (χ1n) is 9.13. The van der Waals surface area contributed by atoms with E-state index in [0.29, 0.717) is 31.1 Å². The number of nitrogens with zero attached hydrogens (tertiary/aromatic N) is 2. The minimum Gasteiger partial charge on any atom is -0.593 e. The SMILES string of the molecule is O=C1CNC2(CCN([S+]([O-])c3ccc(O)cc3)CC2)N1Cc1ccccc1. The van der Waals surface area contributed by atoms with Crippen LogP contribution in [0.4, 0.5) is 0 Å². The Morgan fingerprint density at radius 1 is 1.07 bits per heavy atom. The van der Waals surface area contributed by atoms with E-state index in [1.165, 1.54) is 0 Å². The van der Waals surface area contributed by atoms with Crippen molar-refractivity contribution in [2.24, 2.45) is 0 Å². The molecule has 1 spiro atoms. The van der Waals surface area contributed by atoms with Crippen LogP contribution in [0.3, 0.4) is 0 Å². The average Bonchev–Trinajstić information content (AvgIpc) is 2.99. The fraction of sp³-hybridized carbons (Fsp3) is 0.350. The molecule has 2 aliphatic heterocycles. The lowest BCUT2D eigenvalue weighted by Gasteiger charge is -2.44. The molecule has 2 aromatic rings. The van der Waals surface area contributed by atoms with Gasteiger partial charge in [0.05, 0.1) is 23.6 Å². The number of aromatic hydroxyl groups is 1. The van der Waals surface area contributed by atoms with Gasteiger partial charge in [0.25, 0.3) is 0 Å². The summed E-state index contributed by atoms with van der Waals surface area (Å²) in [6.45, 7) is 2.22. The molecule has 27 heavy (non-hydrogen) atoms. The van der Waals surface area contributed by atoms with E-state index in [-0.39, 0.29) is 17.3 Å². The van der Waals surface area contributed by atoms with Gasteiger partial charge in [0.1, 0.15) is 5.75 Å². The molecule has 142 valence electrons. The number of phenols is 1. The van der Waals surface area contributed by atoms with E-state index in [4.69, 9.17) is 0 Å². The van der Waals surface area contributed by atoms with Gasteiger partial charge in [-0.2, -0.15) is 0 Å². The Labute approximate surface area is 162 Å². The highest BCUT2D eigenvalue weighted by Gasteiger charge is 2.48. The highest BCUT2D eigenvalue weighted by molar-refractivity contribution is 7.89. The zero-order valence-corrected chi connectivity index (χ0v) is 15.8. The van der Waals surface area contributed by atoms with Crippen molar-refractivity contribution in [3.63, 3.8) is 0 Å². The summed E-state index contributed by atoms with van der Waals surface area (Å²) in [5, 5.41) is 12.8. The standard InChI is InChI=1S/C20H23N3O3S/c24-17-6-8-18(9-7-17)27(26)22-12-10-20(11-13-22)21-14-19(25)23(20)15-16-4-2-1-3-5-16/h1-9,21,24H,10-15H2. The fourth-order valence-electron chi connectivity index (χ4n) is 3.86. The molecular weight excluding hydrogens is 362 g/mol. The molecule has 2 saturated heterocycles. The largest absolute Gasteiger partial charge is 0.593 e. The molecule has 1 amide bonds. The number of piperidine rings is 1. The van der Waals surface area contributed by atoms with Crippen LogP contribution in [-0.4, -0.2) is 50.1 Å². The predicted molar refractivity (Wildman–Crippen MR) is 103 cm³/mol. The summed E-state index contributed by atoms with van der Waals surface area (Å²) >= 11 is -1.26. The summed E-state index contributed by atoms with van der Waals surface area (Å²) in [6, 6.07) is 16.5. The first-order valence-corrected chi connectivity index (χ1v) is 10.2. The fourth-order valence-corrected chi connectivity index (χ4v) is 5.04. The molecule has 2 aromatic carbocycles. The maximum atomic E-state index is 12.8. The Morgan fingerprint density at radius 2 is 1.74 bits per heavy atom. The molecule has 7 heteroatoms. The molecule has 2 heterocycles. The summed E-state index contributed by atoms with van der Waals surface area (Å²) in [5.41, 5.74) is 0.756. The Morgan fingerprint density at radius 3 is 2.41 bits per heavy atom. The van der Waals surface area contributed by atoms with Crippen molar-refractivity contribution in [3.8, 4) is 5.75 Å². The maximum absolute atomic E-state index is 12.8. The number of carbonyl (C=O) groups is 1. The summed E-state index contributed by atoms with van der Waals surface area (Å²) < 4.78 is 14.7. The molecule has 2 fully saturated rings. The third-order valence-electron chi connectivity index (χ3n) is 5.39. The Kier molecular flexibility index (Phi) is 5.10. The first-order chi connectivity index (χ1) is 13.1. The van der Waals surface area contributed by atoms with Crippen molar-refractivity contribution in [1.29, 1.82) is 0 Å². The second-order valence-electron chi connectivity index (χ2n) is 7.02. The van der Waals surface area contributed by atoms with Crippen LogP contribution in [-0.2, 0) is 22.7 Å². The van der Waals surface area contributed by atoms with Gasteiger partial charge in [-0.3, -0.25) is 10.1 Å². The van der Waals surface area contributed by atoms with Gasteiger partial charge in [-0.1, -0.05) is 30.3 Å². The van der Waals surface area contributed by atoms with Gasteiger partial charge < -0.3 is 14.6 Å². The van der Waals surface area contributed by atoms with Gasteiger partial charge in [0.15, 0.2) is 4.90 Å². The summed E-state index contributed by atoms with van der Waals surface area (Å²) in [5.74, 6) is 0.283. The van der Waals surface area contributed by atoms with Crippen LogP contribution in [0.15, 0.2) is 59.5 Å². The molecule has 0 bridgehead atoms. The Bertz CT molecular complexity index is 792. The highest BCUT2D eigenvalue weighted by Crippen LogP contribution is 2.33. The second-order valence-corrected chi connectivity index (χ2v) is 8.51. The molecule has 0 aromatic heterocycles. The third-order valence-corrected chi connectivity index (χ3v) is 6.90. The Hall–Kier alpha value is -2.06. The predicted octanol–water partition coefficient (Wildman–Crippen LogP) is 1.84. The minimum absolute atomic E-state index is 0.118. The molecule has 6 nitrogen and oxygen atoms in total. The quantitative estimate of drug-likeness (QED) is 0.785.